The van der Waals surface area contributed by atoms with Gasteiger partial charge in [-0.05, 0) is 37.8 Å². The van der Waals surface area contributed by atoms with Crippen LogP contribution in [0, 0.1) is 11.6 Å². The van der Waals surface area contributed by atoms with Crippen LogP contribution in [0.4, 0.5) is 8.78 Å². The van der Waals surface area contributed by atoms with Gasteiger partial charge in [0, 0.05) is 31.2 Å². The lowest BCUT2D eigenvalue weighted by Crippen LogP contribution is -2.48. The maximum Gasteiger partial charge on any atom is 0.309 e. The van der Waals surface area contributed by atoms with Crippen molar-refractivity contribution in [3.8, 4) is 11.5 Å². The number of halogens is 2. The standard InChI is InChI=1S/C20H24F2N4O2/c21-13-6-7-16(17(22)12-13)19-24-25-20(28-19)18(27)23-14-8-10-26(11-9-14)15-4-2-1-3-5-15/h6-7,12,14-15H,1-5,8-11H2,(H,23,27). The summed E-state index contributed by atoms with van der Waals surface area (Å²) in [6, 6.07) is 3.79. The highest BCUT2D eigenvalue weighted by Crippen LogP contribution is 2.26. The number of benzene rings is 1. The summed E-state index contributed by atoms with van der Waals surface area (Å²) in [6.07, 6.45) is 8.30. The molecule has 0 radical (unpaired) electrons. The molecule has 2 aliphatic rings. The van der Waals surface area contributed by atoms with E-state index in [1.807, 2.05) is 0 Å². The molecule has 1 aliphatic heterocycles. The molecule has 1 aromatic heterocycles. The van der Waals surface area contributed by atoms with Crippen molar-refractivity contribution in [2.75, 3.05) is 13.1 Å². The number of likely N-dealkylation sites (tertiary alicyclic amines) is 1. The van der Waals surface area contributed by atoms with Crippen LogP contribution in [0.2, 0.25) is 0 Å². The summed E-state index contributed by atoms with van der Waals surface area (Å²) >= 11 is 0. The minimum Gasteiger partial charge on any atom is -0.412 e. The van der Waals surface area contributed by atoms with Gasteiger partial charge in [0.25, 0.3) is 5.89 Å². The van der Waals surface area contributed by atoms with Crippen LogP contribution in [0.1, 0.15) is 55.6 Å². The highest BCUT2D eigenvalue weighted by atomic mass is 19.1. The van der Waals surface area contributed by atoms with Crippen molar-refractivity contribution >= 4 is 5.91 Å². The minimum absolute atomic E-state index is 0.0336. The van der Waals surface area contributed by atoms with Crippen molar-refractivity contribution < 1.29 is 18.0 Å². The van der Waals surface area contributed by atoms with Crippen LogP contribution in [0.5, 0.6) is 0 Å². The first-order valence-corrected chi connectivity index (χ1v) is 9.94. The van der Waals surface area contributed by atoms with Crippen molar-refractivity contribution in [3.05, 3.63) is 35.7 Å². The summed E-state index contributed by atoms with van der Waals surface area (Å²) in [5, 5.41) is 10.4. The molecule has 0 bridgehead atoms. The van der Waals surface area contributed by atoms with E-state index >= 15 is 0 Å². The molecule has 1 aliphatic carbocycles. The van der Waals surface area contributed by atoms with Gasteiger partial charge in [0.1, 0.15) is 11.6 Å². The second-order valence-electron chi connectivity index (χ2n) is 7.61. The van der Waals surface area contributed by atoms with Crippen LogP contribution in [0.3, 0.4) is 0 Å². The Morgan fingerprint density at radius 2 is 1.82 bits per heavy atom. The molecule has 0 unspecified atom stereocenters. The number of amides is 1. The fourth-order valence-corrected chi connectivity index (χ4v) is 4.19. The molecule has 1 saturated heterocycles. The molecule has 8 heteroatoms. The Bertz CT molecular complexity index is 827. The Morgan fingerprint density at radius 3 is 2.54 bits per heavy atom. The molecule has 0 atom stereocenters. The van der Waals surface area contributed by atoms with Crippen molar-refractivity contribution in [3.63, 3.8) is 0 Å². The number of hydrogen-bond acceptors (Lipinski definition) is 5. The molecule has 1 amide bonds. The van der Waals surface area contributed by atoms with Crippen LogP contribution >= 0.6 is 0 Å². The number of hydrogen-bond donors (Lipinski definition) is 1. The van der Waals surface area contributed by atoms with Gasteiger partial charge < -0.3 is 14.6 Å². The molecule has 6 nitrogen and oxygen atoms in total. The van der Waals surface area contributed by atoms with E-state index in [0.29, 0.717) is 6.04 Å². The first kappa shape index (κ1) is 19.0. The zero-order valence-electron chi connectivity index (χ0n) is 15.7. The Morgan fingerprint density at radius 1 is 1.07 bits per heavy atom. The number of aromatic nitrogens is 2. The summed E-state index contributed by atoms with van der Waals surface area (Å²) < 4.78 is 32.2. The van der Waals surface area contributed by atoms with Gasteiger partial charge in [0.05, 0.1) is 5.56 Å². The Balaban J connectivity index is 1.33. The molecule has 4 rings (SSSR count). The van der Waals surface area contributed by atoms with Gasteiger partial charge in [-0.1, -0.05) is 19.3 Å². The highest BCUT2D eigenvalue weighted by molar-refractivity contribution is 5.89. The third-order valence-corrected chi connectivity index (χ3v) is 5.74. The Hall–Kier alpha value is -2.35. The number of nitrogens with one attached hydrogen (secondary N) is 1. The van der Waals surface area contributed by atoms with E-state index in [9.17, 15) is 13.6 Å². The second kappa shape index (κ2) is 8.34. The maximum atomic E-state index is 13.8. The van der Waals surface area contributed by atoms with Crippen LogP contribution in [0.15, 0.2) is 22.6 Å². The van der Waals surface area contributed by atoms with Crippen LogP contribution in [-0.4, -0.2) is 46.2 Å². The van der Waals surface area contributed by atoms with E-state index in [4.69, 9.17) is 4.42 Å². The topological polar surface area (TPSA) is 71.3 Å². The summed E-state index contributed by atoms with van der Waals surface area (Å²) in [6.45, 7) is 1.96. The molecule has 2 fully saturated rings. The number of nitrogens with zero attached hydrogens (tertiary/aromatic N) is 3. The number of piperidine rings is 1. The van der Waals surface area contributed by atoms with Crippen LogP contribution in [0.25, 0.3) is 11.5 Å². The van der Waals surface area contributed by atoms with Crippen molar-refractivity contribution in [1.29, 1.82) is 0 Å². The fraction of sp³-hybridized carbons (Fsp3) is 0.550. The molecule has 2 aromatic rings. The van der Waals surface area contributed by atoms with Gasteiger partial charge in [-0.25, -0.2) is 8.78 Å². The van der Waals surface area contributed by atoms with E-state index in [0.717, 1.165) is 38.1 Å². The maximum absolute atomic E-state index is 13.8. The summed E-state index contributed by atoms with van der Waals surface area (Å²) in [4.78, 5) is 15.0. The highest BCUT2D eigenvalue weighted by Gasteiger charge is 2.28. The molecular weight excluding hydrogens is 366 g/mol. The Kier molecular flexibility index (Phi) is 5.66. The van der Waals surface area contributed by atoms with Gasteiger partial charge in [0.15, 0.2) is 0 Å². The monoisotopic (exact) mass is 390 g/mol. The van der Waals surface area contributed by atoms with E-state index in [1.165, 1.54) is 38.2 Å². The van der Waals surface area contributed by atoms with E-state index in [-0.39, 0.29) is 23.4 Å². The average Bonchev–Trinajstić information content (AvgIpc) is 3.19. The third kappa shape index (κ3) is 4.22. The fourth-order valence-electron chi connectivity index (χ4n) is 4.19. The molecule has 1 aromatic carbocycles. The van der Waals surface area contributed by atoms with Crippen molar-refractivity contribution in [2.45, 2.75) is 57.0 Å². The molecule has 0 spiro atoms. The van der Waals surface area contributed by atoms with Gasteiger partial charge in [-0.3, -0.25) is 4.79 Å². The normalized spacial score (nSPS) is 19.6. The van der Waals surface area contributed by atoms with Crippen LogP contribution < -0.4 is 5.32 Å². The van der Waals surface area contributed by atoms with E-state index in [1.54, 1.807) is 0 Å². The minimum atomic E-state index is -0.814. The van der Waals surface area contributed by atoms with Gasteiger partial charge in [-0.2, -0.15) is 0 Å². The van der Waals surface area contributed by atoms with E-state index < -0.39 is 17.5 Å². The molecular formula is C20H24F2N4O2. The van der Waals surface area contributed by atoms with Gasteiger partial charge in [-0.15, -0.1) is 10.2 Å². The zero-order valence-corrected chi connectivity index (χ0v) is 15.7. The summed E-state index contributed by atoms with van der Waals surface area (Å²) in [5.74, 6) is -2.33. The summed E-state index contributed by atoms with van der Waals surface area (Å²) in [7, 11) is 0. The lowest BCUT2D eigenvalue weighted by molar-refractivity contribution is 0.0835. The first-order valence-electron chi connectivity index (χ1n) is 9.94. The van der Waals surface area contributed by atoms with Crippen LogP contribution in [-0.2, 0) is 0 Å². The number of carbonyl (C=O) groups excluding carboxylic acids is 1. The second-order valence-corrected chi connectivity index (χ2v) is 7.61. The number of rotatable bonds is 4. The zero-order chi connectivity index (χ0) is 19.5. The lowest BCUT2D eigenvalue weighted by Gasteiger charge is -2.39. The Labute approximate surface area is 162 Å². The molecule has 150 valence electrons. The third-order valence-electron chi connectivity index (χ3n) is 5.74. The van der Waals surface area contributed by atoms with Gasteiger partial charge >= 0.3 is 11.8 Å². The smallest absolute Gasteiger partial charge is 0.309 e. The predicted octanol–water partition coefficient (Wildman–Crippen LogP) is 3.54. The lowest BCUT2D eigenvalue weighted by atomic mass is 9.92. The quantitative estimate of drug-likeness (QED) is 0.865. The summed E-state index contributed by atoms with van der Waals surface area (Å²) in [5.41, 5.74) is -0.0336. The predicted molar refractivity (Wildman–Crippen MR) is 98.6 cm³/mol. The molecule has 28 heavy (non-hydrogen) atoms. The largest absolute Gasteiger partial charge is 0.412 e. The first-order chi connectivity index (χ1) is 13.6. The number of carbonyl (C=O) groups is 1. The van der Waals surface area contributed by atoms with Crippen molar-refractivity contribution in [1.82, 2.24) is 20.4 Å². The van der Waals surface area contributed by atoms with Crippen molar-refractivity contribution in [2.24, 2.45) is 0 Å². The SMILES string of the molecule is O=C(NC1CCN(C2CCCCC2)CC1)c1nnc(-c2ccc(F)cc2F)o1. The average molecular weight is 390 g/mol. The molecule has 1 saturated carbocycles. The molecule has 1 N–H and O–H groups in total. The van der Waals surface area contributed by atoms with Gasteiger partial charge in [0.2, 0.25) is 0 Å². The van der Waals surface area contributed by atoms with E-state index in [2.05, 4.69) is 20.4 Å². The molecule has 2 heterocycles.